The Kier molecular flexibility index (Phi) is 6.60. The maximum Gasteiger partial charge on any atom is 0.276 e. The van der Waals surface area contributed by atoms with Gasteiger partial charge >= 0.3 is 0 Å². The zero-order chi connectivity index (χ0) is 24.2. The molecular formula is C25H25FN6O3. The number of azo groups is 1. The monoisotopic (exact) mass is 476 g/mol. The van der Waals surface area contributed by atoms with Crippen molar-refractivity contribution in [3.63, 3.8) is 0 Å². The minimum absolute atomic E-state index is 0.0432. The summed E-state index contributed by atoms with van der Waals surface area (Å²) in [6.45, 7) is 2.01. The normalized spacial score (nSPS) is 21.4. The van der Waals surface area contributed by atoms with Crippen LogP contribution < -0.4 is 5.32 Å². The highest BCUT2D eigenvalue weighted by Crippen LogP contribution is 2.28. The number of piperidine rings is 1. The van der Waals surface area contributed by atoms with Crippen molar-refractivity contribution in [1.82, 2.24) is 20.4 Å². The average molecular weight is 477 g/mol. The molecule has 0 bridgehead atoms. The Morgan fingerprint density at radius 3 is 2.91 bits per heavy atom. The zero-order valence-electron chi connectivity index (χ0n) is 19.1. The number of aryl methyl sites for hydroxylation is 1. The first-order valence-corrected chi connectivity index (χ1v) is 11.7. The molecular weight excluding hydrogens is 451 g/mol. The summed E-state index contributed by atoms with van der Waals surface area (Å²) >= 11 is 0. The van der Waals surface area contributed by atoms with Crippen molar-refractivity contribution in [3.05, 3.63) is 71.7 Å². The number of carbonyl (C=O) groups is 2. The minimum Gasteiger partial charge on any atom is -0.368 e. The fraction of sp³-hybridized carbons (Fsp3) is 0.360. The molecule has 3 heterocycles. The lowest BCUT2D eigenvalue weighted by molar-refractivity contribution is -0.133. The molecule has 0 saturated carbocycles. The molecule has 35 heavy (non-hydrogen) atoms. The second-order valence-electron chi connectivity index (χ2n) is 8.81. The summed E-state index contributed by atoms with van der Waals surface area (Å²) in [5, 5.41) is 15.1. The van der Waals surface area contributed by atoms with Gasteiger partial charge in [0.15, 0.2) is 5.82 Å². The van der Waals surface area contributed by atoms with Crippen molar-refractivity contribution in [1.29, 1.82) is 0 Å². The fourth-order valence-corrected chi connectivity index (χ4v) is 4.48. The Morgan fingerprint density at radius 1 is 1.20 bits per heavy atom. The van der Waals surface area contributed by atoms with Crippen LogP contribution >= 0.6 is 0 Å². The van der Waals surface area contributed by atoms with Crippen LogP contribution in [0.2, 0.25) is 0 Å². The predicted molar refractivity (Wildman–Crippen MR) is 124 cm³/mol. The molecule has 1 saturated heterocycles. The maximum absolute atomic E-state index is 13.1. The van der Waals surface area contributed by atoms with Gasteiger partial charge in [0.05, 0.1) is 5.92 Å². The number of allylic oxidation sites excluding steroid dienone is 3. The lowest BCUT2D eigenvalue weighted by Crippen LogP contribution is -2.43. The van der Waals surface area contributed by atoms with Gasteiger partial charge in [0.2, 0.25) is 17.6 Å². The van der Waals surface area contributed by atoms with Crippen LogP contribution in [0.25, 0.3) is 11.4 Å². The standard InChI is InChI=1S/C25H25FN6O3/c26-18-9-7-17(8-10-18)23-28-21(35-31-23)11-12-22(33)32-13-3-4-16(15-32)14-27-24-19-5-1-2-6-20(19)25(34)30-29-24/h1-2,5-10,16,20,27H,3-4,11-15H2. The molecule has 180 valence electrons. The number of benzene rings is 1. The fourth-order valence-electron chi connectivity index (χ4n) is 4.48. The lowest BCUT2D eigenvalue weighted by Gasteiger charge is -2.33. The van der Waals surface area contributed by atoms with Crippen molar-refractivity contribution in [2.75, 3.05) is 19.6 Å². The van der Waals surface area contributed by atoms with Crippen LogP contribution in [0.3, 0.4) is 0 Å². The molecule has 2 atom stereocenters. The molecule has 3 aliphatic rings. The summed E-state index contributed by atoms with van der Waals surface area (Å²) < 4.78 is 18.4. The van der Waals surface area contributed by atoms with E-state index in [-0.39, 0.29) is 35.9 Å². The van der Waals surface area contributed by atoms with E-state index in [1.807, 2.05) is 29.2 Å². The number of rotatable bonds is 7. The highest BCUT2D eigenvalue weighted by Gasteiger charge is 2.28. The summed E-state index contributed by atoms with van der Waals surface area (Å²) in [5.74, 6) is 0.712. The summed E-state index contributed by atoms with van der Waals surface area (Å²) in [6, 6.07) is 5.85. The molecule has 1 fully saturated rings. The lowest BCUT2D eigenvalue weighted by atomic mass is 9.92. The highest BCUT2D eigenvalue weighted by atomic mass is 19.1. The average Bonchev–Trinajstić information content (AvgIpc) is 3.37. The first-order valence-electron chi connectivity index (χ1n) is 11.7. The van der Waals surface area contributed by atoms with Gasteiger partial charge in [-0.1, -0.05) is 29.5 Å². The van der Waals surface area contributed by atoms with E-state index in [4.69, 9.17) is 4.52 Å². The van der Waals surface area contributed by atoms with Gasteiger partial charge in [-0.05, 0) is 43.0 Å². The molecule has 1 aliphatic carbocycles. The smallest absolute Gasteiger partial charge is 0.276 e. The number of likely N-dealkylation sites (tertiary alicyclic amines) is 1. The van der Waals surface area contributed by atoms with E-state index in [9.17, 15) is 14.0 Å². The van der Waals surface area contributed by atoms with Gasteiger partial charge < -0.3 is 14.7 Å². The number of carbonyl (C=O) groups excluding carboxylic acids is 2. The SMILES string of the molecule is O=C1N=NC(NCC2CCCN(C(=O)CCc3nc(-c4ccc(F)cc4)no3)C2)=C2C=CC=CC12. The number of hydrogen-bond donors (Lipinski definition) is 1. The van der Waals surface area contributed by atoms with Crippen LogP contribution in [-0.4, -0.2) is 46.5 Å². The van der Waals surface area contributed by atoms with E-state index in [1.54, 1.807) is 12.1 Å². The Bertz CT molecular complexity index is 1230. The topological polar surface area (TPSA) is 113 Å². The number of fused-ring (bicyclic) bond motifs is 1. The van der Waals surface area contributed by atoms with E-state index < -0.39 is 0 Å². The largest absolute Gasteiger partial charge is 0.368 e. The van der Waals surface area contributed by atoms with E-state index >= 15 is 0 Å². The summed E-state index contributed by atoms with van der Waals surface area (Å²) in [5.41, 5.74) is 1.49. The predicted octanol–water partition coefficient (Wildman–Crippen LogP) is 3.58. The van der Waals surface area contributed by atoms with Crippen LogP contribution in [0.4, 0.5) is 4.39 Å². The molecule has 2 unspecified atom stereocenters. The Hall–Kier alpha value is -3.95. The second-order valence-corrected chi connectivity index (χ2v) is 8.81. The van der Waals surface area contributed by atoms with Crippen LogP contribution in [0.15, 0.2) is 74.7 Å². The summed E-state index contributed by atoms with van der Waals surface area (Å²) in [7, 11) is 0. The van der Waals surface area contributed by atoms with Gasteiger partial charge in [0.25, 0.3) is 5.91 Å². The van der Waals surface area contributed by atoms with Gasteiger partial charge in [-0.25, -0.2) is 4.39 Å². The van der Waals surface area contributed by atoms with Crippen LogP contribution in [0.5, 0.6) is 0 Å². The molecule has 2 aromatic rings. The van der Waals surface area contributed by atoms with Crippen LogP contribution in [0.1, 0.15) is 25.2 Å². The third-order valence-electron chi connectivity index (χ3n) is 6.37. The molecule has 0 spiro atoms. The van der Waals surface area contributed by atoms with Crippen molar-refractivity contribution in [2.24, 2.45) is 22.1 Å². The van der Waals surface area contributed by atoms with Gasteiger partial charge in [-0.15, -0.1) is 10.2 Å². The molecule has 9 nitrogen and oxygen atoms in total. The number of nitrogens with zero attached hydrogens (tertiary/aromatic N) is 5. The van der Waals surface area contributed by atoms with Gasteiger partial charge in [0, 0.05) is 43.6 Å². The first-order chi connectivity index (χ1) is 17.1. The molecule has 5 rings (SSSR count). The van der Waals surface area contributed by atoms with Crippen LogP contribution in [0, 0.1) is 17.7 Å². The third kappa shape index (κ3) is 5.26. The maximum atomic E-state index is 13.1. The minimum atomic E-state index is -0.377. The summed E-state index contributed by atoms with van der Waals surface area (Å²) in [4.78, 5) is 31.0. The number of nitrogens with one attached hydrogen (secondary N) is 1. The van der Waals surface area contributed by atoms with Gasteiger partial charge in [-0.2, -0.15) is 4.98 Å². The van der Waals surface area contributed by atoms with Crippen molar-refractivity contribution >= 4 is 11.8 Å². The van der Waals surface area contributed by atoms with E-state index in [2.05, 4.69) is 25.7 Å². The van der Waals surface area contributed by atoms with E-state index in [0.29, 0.717) is 42.6 Å². The molecule has 1 aromatic heterocycles. The van der Waals surface area contributed by atoms with Crippen molar-refractivity contribution < 1.29 is 18.5 Å². The summed E-state index contributed by atoms with van der Waals surface area (Å²) in [6.07, 6.45) is 9.98. The van der Waals surface area contributed by atoms with E-state index in [1.165, 1.54) is 12.1 Å². The van der Waals surface area contributed by atoms with Crippen molar-refractivity contribution in [2.45, 2.75) is 25.7 Å². The number of hydrogen-bond acceptors (Lipinski definition) is 7. The first kappa shape index (κ1) is 22.8. The van der Waals surface area contributed by atoms with Crippen LogP contribution in [-0.2, 0) is 16.0 Å². The van der Waals surface area contributed by atoms with E-state index in [0.717, 1.165) is 25.0 Å². The number of amides is 2. The highest BCUT2D eigenvalue weighted by molar-refractivity contribution is 5.86. The third-order valence-corrected chi connectivity index (χ3v) is 6.37. The second kappa shape index (κ2) is 10.1. The quantitative estimate of drug-likeness (QED) is 0.654. The molecule has 2 amide bonds. The Balaban J connectivity index is 1.13. The molecule has 1 aromatic carbocycles. The van der Waals surface area contributed by atoms with Gasteiger partial charge in [-0.3, -0.25) is 9.59 Å². The molecule has 1 N–H and O–H groups in total. The van der Waals surface area contributed by atoms with Gasteiger partial charge in [0.1, 0.15) is 5.82 Å². The van der Waals surface area contributed by atoms with Crippen molar-refractivity contribution in [3.8, 4) is 11.4 Å². The molecule has 10 heteroatoms. The Morgan fingerprint density at radius 2 is 2.06 bits per heavy atom. The molecule has 2 aliphatic heterocycles. The molecule has 0 radical (unpaired) electrons. The Labute approximate surface area is 201 Å². The number of halogens is 1. The zero-order valence-corrected chi connectivity index (χ0v) is 19.1. The number of aromatic nitrogens is 2.